The largest absolute Gasteiger partial charge is 0.493 e. The maximum absolute atomic E-state index is 12.7. The minimum absolute atomic E-state index is 0.0402. The highest BCUT2D eigenvalue weighted by Gasteiger charge is 2.28. The van der Waals surface area contributed by atoms with Gasteiger partial charge in [-0.05, 0) is 18.9 Å². The van der Waals surface area contributed by atoms with Gasteiger partial charge in [-0.3, -0.25) is 4.90 Å². The van der Waals surface area contributed by atoms with E-state index in [1.807, 2.05) is 29.2 Å². The van der Waals surface area contributed by atoms with Crippen molar-refractivity contribution in [1.29, 1.82) is 0 Å². The van der Waals surface area contributed by atoms with Gasteiger partial charge in [0.2, 0.25) is 0 Å². The van der Waals surface area contributed by atoms with E-state index in [4.69, 9.17) is 9.47 Å². The van der Waals surface area contributed by atoms with Crippen molar-refractivity contribution < 1.29 is 14.3 Å². The number of fused-ring (bicyclic) bond motifs is 1. The Morgan fingerprint density at radius 2 is 1.96 bits per heavy atom. The van der Waals surface area contributed by atoms with Gasteiger partial charge >= 0.3 is 6.03 Å². The molecule has 1 N–H and O–H groups in total. The van der Waals surface area contributed by atoms with Gasteiger partial charge in [-0.15, -0.1) is 0 Å². The van der Waals surface area contributed by atoms with Crippen molar-refractivity contribution in [3.63, 3.8) is 0 Å². The van der Waals surface area contributed by atoms with Gasteiger partial charge in [0.1, 0.15) is 5.75 Å². The molecule has 1 aromatic rings. The fourth-order valence-corrected chi connectivity index (χ4v) is 3.94. The van der Waals surface area contributed by atoms with Crippen molar-refractivity contribution in [2.45, 2.75) is 31.4 Å². The highest BCUT2D eigenvalue weighted by Crippen LogP contribution is 2.31. The number of carbonyl (C=O) groups excluding carboxylic acids is 1. The third kappa shape index (κ3) is 3.90. The number of rotatable bonds is 3. The maximum atomic E-state index is 12.7. The minimum Gasteiger partial charge on any atom is -0.493 e. The van der Waals surface area contributed by atoms with E-state index in [9.17, 15) is 4.79 Å². The van der Waals surface area contributed by atoms with Gasteiger partial charge in [0, 0.05) is 51.3 Å². The first-order valence-corrected chi connectivity index (χ1v) is 9.41. The zero-order valence-corrected chi connectivity index (χ0v) is 14.7. The lowest BCUT2D eigenvalue weighted by atomic mass is 10.0. The molecule has 136 valence electrons. The van der Waals surface area contributed by atoms with E-state index in [-0.39, 0.29) is 12.1 Å². The van der Waals surface area contributed by atoms with Crippen LogP contribution in [0.2, 0.25) is 0 Å². The van der Waals surface area contributed by atoms with Gasteiger partial charge in [-0.1, -0.05) is 18.2 Å². The van der Waals surface area contributed by atoms with Crippen molar-refractivity contribution in [3.8, 4) is 5.75 Å². The molecule has 2 saturated heterocycles. The summed E-state index contributed by atoms with van der Waals surface area (Å²) in [5.74, 6) is 0.889. The van der Waals surface area contributed by atoms with Crippen LogP contribution < -0.4 is 10.1 Å². The smallest absolute Gasteiger partial charge is 0.317 e. The molecule has 3 aliphatic heterocycles. The van der Waals surface area contributed by atoms with Crippen molar-refractivity contribution >= 4 is 6.03 Å². The second-order valence-electron chi connectivity index (χ2n) is 7.10. The Hall–Kier alpha value is -1.79. The fourth-order valence-electron chi connectivity index (χ4n) is 3.94. The molecule has 0 aliphatic carbocycles. The summed E-state index contributed by atoms with van der Waals surface area (Å²) in [6.45, 7) is 5.97. The van der Waals surface area contributed by atoms with Crippen LogP contribution in [0.25, 0.3) is 0 Å². The number of ether oxygens (including phenoxy) is 2. The fraction of sp³-hybridized carbons (Fsp3) is 0.632. The standard InChI is InChI=1S/C19H27N3O3/c23-19(20-17-7-13-25-18-6-2-1-5-16(17)18)22-10-8-21(9-11-22)14-15-4-3-12-24-15/h1-2,5-6,15,17H,3-4,7-14H2,(H,20,23)/t15-,17-/m0/s1. The summed E-state index contributed by atoms with van der Waals surface area (Å²) in [5.41, 5.74) is 1.08. The van der Waals surface area contributed by atoms with Crippen molar-refractivity contribution in [1.82, 2.24) is 15.1 Å². The second kappa shape index (κ2) is 7.62. The lowest BCUT2D eigenvalue weighted by Gasteiger charge is -2.37. The van der Waals surface area contributed by atoms with Crippen molar-refractivity contribution in [2.24, 2.45) is 0 Å². The van der Waals surface area contributed by atoms with Gasteiger partial charge < -0.3 is 19.7 Å². The average Bonchev–Trinajstić information content (AvgIpc) is 3.16. The number of nitrogens with zero attached hydrogens (tertiary/aromatic N) is 2. The predicted octanol–water partition coefficient (Wildman–Crippen LogP) is 2.02. The number of nitrogens with one attached hydrogen (secondary N) is 1. The number of piperazine rings is 1. The molecule has 4 rings (SSSR count). The maximum Gasteiger partial charge on any atom is 0.317 e. The molecule has 0 aromatic heterocycles. The zero-order chi connectivity index (χ0) is 17.1. The summed E-state index contributed by atoms with van der Waals surface area (Å²) in [6, 6.07) is 8.06. The molecule has 0 radical (unpaired) electrons. The summed E-state index contributed by atoms with van der Waals surface area (Å²) < 4.78 is 11.4. The summed E-state index contributed by atoms with van der Waals surface area (Å²) in [6.07, 6.45) is 3.56. The van der Waals surface area contributed by atoms with Gasteiger partial charge in [0.25, 0.3) is 0 Å². The molecule has 2 amide bonds. The first kappa shape index (κ1) is 16.7. The monoisotopic (exact) mass is 345 g/mol. The van der Waals surface area contributed by atoms with Crippen molar-refractivity contribution in [2.75, 3.05) is 45.9 Å². The molecule has 0 unspecified atom stereocenters. The Morgan fingerprint density at radius 3 is 2.76 bits per heavy atom. The summed E-state index contributed by atoms with van der Waals surface area (Å²) in [5, 5.41) is 3.20. The topological polar surface area (TPSA) is 54.0 Å². The predicted molar refractivity (Wildman–Crippen MR) is 94.8 cm³/mol. The second-order valence-corrected chi connectivity index (χ2v) is 7.10. The Balaban J connectivity index is 1.28. The number of para-hydroxylation sites is 1. The number of amides is 2. The summed E-state index contributed by atoms with van der Waals surface area (Å²) in [4.78, 5) is 17.0. The molecule has 0 spiro atoms. The number of hydrogen-bond acceptors (Lipinski definition) is 4. The molecule has 0 bridgehead atoms. The average molecular weight is 345 g/mol. The molecule has 1 aromatic carbocycles. The molecule has 3 heterocycles. The SMILES string of the molecule is O=C(N[C@H]1CCOc2ccccc21)N1CCN(C[C@@H]2CCCO2)CC1. The molecule has 25 heavy (non-hydrogen) atoms. The quantitative estimate of drug-likeness (QED) is 0.911. The number of hydrogen-bond donors (Lipinski definition) is 1. The summed E-state index contributed by atoms with van der Waals surface area (Å²) in [7, 11) is 0. The molecular formula is C19H27N3O3. The van der Waals surface area contributed by atoms with Crippen LogP contribution in [-0.4, -0.2) is 67.9 Å². The van der Waals surface area contributed by atoms with E-state index >= 15 is 0 Å². The Kier molecular flexibility index (Phi) is 5.08. The first-order valence-electron chi connectivity index (χ1n) is 9.41. The van der Waals surface area contributed by atoms with Crippen LogP contribution in [0.3, 0.4) is 0 Å². The molecule has 2 atom stereocenters. The minimum atomic E-state index is 0.0402. The Morgan fingerprint density at radius 1 is 1.12 bits per heavy atom. The van der Waals surface area contributed by atoms with Gasteiger partial charge in [-0.2, -0.15) is 0 Å². The van der Waals surface area contributed by atoms with E-state index in [0.29, 0.717) is 12.7 Å². The van der Waals surface area contributed by atoms with E-state index < -0.39 is 0 Å². The third-order valence-corrected chi connectivity index (χ3v) is 5.40. The summed E-state index contributed by atoms with van der Waals surface area (Å²) >= 11 is 0. The van der Waals surface area contributed by atoms with Crippen LogP contribution in [-0.2, 0) is 4.74 Å². The van der Waals surface area contributed by atoms with Crippen LogP contribution >= 0.6 is 0 Å². The van der Waals surface area contributed by atoms with Gasteiger partial charge in [0.15, 0.2) is 0 Å². The lowest BCUT2D eigenvalue weighted by molar-refractivity contribution is 0.0557. The highest BCUT2D eigenvalue weighted by atomic mass is 16.5. The zero-order valence-electron chi connectivity index (χ0n) is 14.7. The Labute approximate surface area is 149 Å². The van der Waals surface area contributed by atoms with E-state index in [1.54, 1.807) is 0 Å². The molecule has 0 saturated carbocycles. The van der Waals surface area contributed by atoms with Crippen LogP contribution in [0.4, 0.5) is 4.79 Å². The highest BCUT2D eigenvalue weighted by molar-refractivity contribution is 5.75. The van der Waals surface area contributed by atoms with E-state index in [1.165, 1.54) is 12.8 Å². The van der Waals surface area contributed by atoms with E-state index in [0.717, 1.165) is 57.1 Å². The first-order chi connectivity index (χ1) is 12.3. The molecule has 2 fully saturated rings. The van der Waals surface area contributed by atoms with Crippen LogP contribution in [0.1, 0.15) is 30.9 Å². The molecule has 3 aliphatic rings. The van der Waals surface area contributed by atoms with Crippen LogP contribution in [0.5, 0.6) is 5.75 Å². The third-order valence-electron chi connectivity index (χ3n) is 5.40. The number of urea groups is 1. The van der Waals surface area contributed by atoms with Crippen LogP contribution in [0, 0.1) is 0 Å². The number of carbonyl (C=O) groups is 1. The Bertz CT molecular complexity index is 595. The lowest BCUT2D eigenvalue weighted by Crippen LogP contribution is -2.53. The molecular weight excluding hydrogens is 318 g/mol. The van der Waals surface area contributed by atoms with Gasteiger partial charge in [-0.25, -0.2) is 4.79 Å². The van der Waals surface area contributed by atoms with Crippen LogP contribution in [0.15, 0.2) is 24.3 Å². The van der Waals surface area contributed by atoms with E-state index in [2.05, 4.69) is 10.2 Å². The normalized spacial score (nSPS) is 26.8. The number of benzene rings is 1. The molecule has 6 heteroatoms. The molecule has 6 nitrogen and oxygen atoms in total. The van der Waals surface area contributed by atoms with Gasteiger partial charge in [0.05, 0.1) is 18.8 Å². The van der Waals surface area contributed by atoms with Crippen molar-refractivity contribution in [3.05, 3.63) is 29.8 Å².